The molecule has 4 aromatic rings. The lowest BCUT2D eigenvalue weighted by molar-refractivity contribution is 0.0944. The highest BCUT2D eigenvalue weighted by atomic mass is 35.5. The normalized spacial score (nSPS) is 11.4. The number of aliphatic hydroxyl groups is 1. The molecule has 6 nitrogen and oxygen atoms in total. The molecule has 2 N–H and O–H groups in total. The van der Waals surface area contributed by atoms with E-state index < -0.39 is 0 Å². The Hall–Kier alpha value is -2.96. The Kier molecular flexibility index (Phi) is 4.98. The fourth-order valence-corrected chi connectivity index (χ4v) is 3.45. The monoisotopic (exact) mass is 395 g/mol. The van der Waals surface area contributed by atoms with Gasteiger partial charge >= 0.3 is 0 Å². The van der Waals surface area contributed by atoms with Gasteiger partial charge in [-0.25, -0.2) is 4.98 Å². The molecule has 0 saturated carbocycles. The molecule has 0 atom stereocenters. The Bertz CT molecular complexity index is 1200. The second-order valence-electron chi connectivity index (χ2n) is 6.66. The lowest BCUT2D eigenvalue weighted by Crippen LogP contribution is -2.26. The molecule has 28 heavy (non-hydrogen) atoms. The van der Waals surface area contributed by atoms with E-state index in [9.17, 15) is 9.59 Å². The molecular weight excluding hydrogens is 378 g/mol. The summed E-state index contributed by atoms with van der Waals surface area (Å²) >= 11 is 5.88. The average Bonchev–Trinajstić information content (AvgIpc) is 3.12. The maximum absolute atomic E-state index is 12.7. The fourth-order valence-electron chi connectivity index (χ4n) is 3.33. The van der Waals surface area contributed by atoms with Crippen LogP contribution in [-0.4, -0.2) is 27.0 Å². The predicted octanol–water partition coefficient (Wildman–Crippen LogP) is 2.79. The molecular formula is C21H18ClN3O3. The number of imidazole rings is 1. The van der Waals surface area contributed by atoms with Crippen molar-refractivity contribution in [3.63, 3.8) is 0 Å². The molecule has 2 heterocycles. The zero-order chi connectivity index (χ0) is 19.7. The molecule has 0 fully saturated rings. The van der Waals surface area contributed by atoms with Crippen molar-refractivity contribution in [3.05, 3.63) is 80.9 Å². The Balaban J connectivity index is 1.67. The van der Waals surface area contributed by atoms with Gasteiger partial charge in [0.1, 0.15) is 12.0 Å². The van der Waals surface area contributed by atoms with Gasteiger partial charge in [-0.1, -0.05) is 23.7 Å². The first-order valence-corrected chi connectivity index (χ1v) is 9.34. The summed E-state index contributed by atoms with van der Waals surface area (Å²) in [6, 6.07) is 12.2. The highest BCUT2D eigenvalue weighted by molar-refractivity contribution is 6.30. The molecule has 0 bridgehead atoms. The Morgan fingerprint density at radius 2 is 1.93 bits per heavy atom. The number of aryl methyl sites for hydroxylation is 1. The molecule has 142 valence electrons. The summed E-state index contributed by atoms with van der Waals surface area (Å²) in [4.78, 5) is 29.7. The number of carbonyl (C=O) groups is 1. The molecule has 0 spiro atoms. The summed E-state index contributed by atoms with van der Waals surface area (Å²) in [6.45, 7) is 0.417. The second kappa shape index (κ2) is 7.58. The molecule has 1 amide bonds. The maximum atomic E-state index is 12.7. The topological polar surface area (TPSA) is 83.7 Å². The van der Waals surface area contributed by atoms with Crippen LogP contribution in [0, 0.1) is 0 Å². The highest BCUT2D eigenvalue weighted by Crippen LogP contribution is 2.22. The minimum absolute atomic E-state index is 0.0909. The smallest absolute Gasteiger partial charge is 0.268 e. The number of benzene rings is 2. The van der Waals surface area contributed by atoms with Gasteiger partial charge in [0.25, 0.3) is 5.91 Å². The number of carbonyl (C=O) groups excluding carboxylic acids is 1. The summed E-state index contributed by atoms with van der Waals surface area (Å²) in [5, 5.41) is 13.0. The van der Waals surface area contributed by atoms with Gasteiger partial charge in [0.15, 0.2) is 5.43 Å². The van der Waals surface area contributed by atoms with Gasteiger partial charge < -0.3 is 10.4 Å². The molecule has 2 aromatic heterocycles. The van der Waals surface area contributed by atoms with E-state index in [0.29, 0.717) is 40.8 Å². The minimum Gasteiger partial charge on any atom is -0.396 e. The fraction of sp³-hybridized carbons (Fsp3) is 0.190. The first-order valence-electron chi connectivity index (χ1n) is 8.96. The van der Waals surface area contributed by atoms with E-state index in [1.807, 2.05) is 24.3 Å². The largest absolute Gasteiger partial charge is 0.396 e. The molecule has 0 radical (unpaired) electrons. The van der Waals surface area contributed by atoms with Crippen LogP contribution in [0.5, 0.6) is 0 Å². The summed E-state index contributed by atoms with van der Waals surface area (Å²) in [5.41, 5.74) is 3.17. The highest BCUT2D eigenvalue weighted by Gasteiger charge is 2.17. The average molecular weight is 396 g/mol. The molecule has 4 rings (SSSR count). The van der Waals surface area contributed by atoms with Gasteiger partial charge in [0.05, 0.1) is 11.0 Å². The predicted molar refractivity (Wildman–Crippen MR) is 108 cm³/mol. The van der Waals surface area contributed by atoms with Crippen LogP contribution in [0.4, 0.5) is 0 Å². The zero-order valence-corrected chi connectivity index (χ0v) is 15.7. The minimum atomic E-state index is -0.349. The van der Waals surface area contributed by atoms with Crippen LogP contribution >= 0.6 is 11.6 Å². The third kappa shape index (κ3) is 3.44. The third-order valence-electron chi connectivity index (χ3n) is 4.72. The molecule has 0 aliphatic rings. The molecule has 0 saturated heterocycles. The SMILES string of the molecule is O=C(NCc1ccc(Cl)cc1)c1cc(=O)c2cc(CCCO)cc3ncn1c32. The van der Waals surface area contributed by atoms with Crippen LogP contribution in [0.25, 0.3) is 16.4 Å². The lowest BCUT2D eigenvalue weighted by Gasteiger charge is -2.09. The molecule has 2 aromatic carbocycles. The third-order valence-corrected chi connectivity index (χ3v) is 4.97. The standard InChI is InChI=1S/C21H18ClN3O3/c22-15-5-3-13(4-6-15)11-23-21(28)18-10-19(27)16-8-14(2-1-7-26)9-17-20(16)25(18)12-24-17/h3-6,8-10,12,26H,1-2,7,11H2,(H,23,28). The Morgan fingerprint density at radius 1 is 1.14 bits per heavy atom. The van der Waals surface area contributed by atoms with Crippen LogP contribution in [0.3, 0.4) is 0 Å². The van der Waals surface area contributed by atoms with E-state index in [0.717, 1.165) is 11.1 Å². The summed E-state index contributed by atoms with van der Waals surface area (Å²) < 4.78 is 1.65. The van der Waals surface area contributed by atoms with Gasteiger partial charge in [-0.05, 0) is 48.2 Å². The number of pyridine rings is 1. The lowest BCUT2D eigenvalue weighted by atomic mass is 10.0. The summed E-state index contributed by atoms with van der Waals surface area (Å²) in [7, 11) is 0. The number of amides is 1. The van der Waals surface area contributed by atoms with Crippen LogP contribution in [0.1, 0.15) is 28.0 Å². The number of hydrogen-bond acceptors (Lipinski definition) is 4. The van der Waals surface area contributed by atoms with Crippen molar-refractivity contribution in [2.75, 3.05) is 6.61 Å². The van der Waals surface area contributed by atoms with E-state index in [4.69, 9.17) is 16.7 Å². The maximum Gasteiger partial charge on any atom is 0.268 e. The van der Waals surface area contributed by atoms with Gasteiger partial charge in [0.2, 0.25) is 0 Å². The number of hydrogen-bond donors (Lipinski definition) is 2. The molecule has 0 aliphatic carbocycles. The number of aliphatic hydroxyl groups excluding tert-OH is 1. The van der Waals surface area contributed by atoms with Crippen LogP contribution < -0.4 is 10.7 Å². The number of nitrogens with zero attached hydrogens (tertiary/aromatic N) is 2. The van der Waals surface area contributed by atoms with Crippen LogP contribution in [0.15, 0.2) is 53.6 Å². The van der Waals surface area contributed by atoms with E-state index in [-0.39, 0.29) is 23.6 Å². The number of rotatable bonds is 6. The first kappa shape index (κ1) is 18.4. The van der Waals surface area contributed by atoms with Gasteiger partial charge in [-0.2, -0.15) is 0 Å². The van der Waals surface area contributed by atoms with Gasteiger partial charge in [0, 0.05) is 29.6 Å². The molecule has 0 unspecified atom stereocenters. The summed E-state index contributed by atoms with van der Waals surface area (Å²) in [5.74, 6) is -0.349. The van der Waals surface area contributed by atoms with Crippen molar-refractivity contribution < 1.29 is 9.90 Å². The molecule has 7 heteroatoms. The van der Waals surface area contributed by atoms with Gasteiger partial charge in [-0.15, -0.1) is 0 Å². The van der Waals surface area contributed by atoms with Crippen molar-refractivity contribution in [1.29, 1.82) is 0 Å². The van der Waals surface area contributed by atoms with Crippen LogP contribution in [0.2, 0.25) is 5.02 Å². The second-order valence-corrected chi connectivity index (χ2v) is 7.09. The van der Waals surface area contributed by atoms with E-state index in [1.54, 1.807) is 22.9 Å². The summed E-state index contributed by atoms with van der Waals surface area (Å²) in [6.07, 6.45) is 2.84. The van der Waals surface area contributed by atoms with Crippen LogP contribution in [-0.2, 0) is 13.0 Å². The number of halogens is 1. The van der Waals surface area contributed by atoms with E-state index in [1.165, 1.54) is 6.07 Å². The Labute approximate surface area is 165 Å². The van der Waals surface area contributed by atoms with Crippen molar-refractivity contribution in [2.24, 2.45) is 0 Å². The van der Waals surface area contributed by atoms with Crippen molar-refractivity contribution in [1.82, 2.24) is 14.7 Å². The number of nitrogens with one attached hydrogen (secondary N) is 1. The molecule has 0 aliphatic heterocycles. The first-order chi connectivity index (χ1) is 13.6. The Morgan fingerprint density at radius 3 is 2.68 bits per heavy atom. The van der Waals surface area contributed by atoms with Gasteiger partial charge in [-0.3, -0.25) is 14.0 Å². The number of aromatic nitrogens is 2. The van der Waals surface area contributed by atoms with E-state index in [2.05, 4.69) is 10.3 Å². The zero-order valence-electron chi connectivity index (χ0n) is 15.0. The van der Waals surface area contributed by atoms with E-state index >= 15 is 0 Å². The van der Waals surface area contributed by atoms with Crippen molar-refractivity contribution >= 4 is 33.9 Å². The quantitative estimate of drug-likeness (QED) is 0.526. The van der Waals surface area contributed by atoms with Crippen molar-refractivity contribution in [3.8, 4) is 0 Å². The van der Waals surface area contributed by atoms with Crippen molar-refractivity contribution in [2.45, 2.75) is 19.4 Å².